The van der Waals surface area contributed by atoms with Crippen LogP contribution in [0.15, 0.2) is 77.8 Å². The van der Waals surface area contributed by atoms with Crippen LogP contribution in [0, 0.1) is 0 Å². The van der Waals surface area contributed by atoms with E-state index in [0.29, 0.717) is 35.5 Å². The number of amidine groups is 1. The summed E-state index contributed by atoms with van der Waals surface area (Å²) in [4.78, 5) is 47.7. The monoisotopic (exact) mass is 626 g/mol. The molecule has 2 amide bonds. The molecule has 0 unspecified atom stereocenters. The number of amides is 2. The molecule has 1 heterocycles. The summed E-state index contributed by atoms with van der Waals surface area (Å²) in [5.41, 5.74) is 10.2. The zero-order valence-corrected chi connectivity index (χ0v) is 26.7. The van der Waals surface area contributed by atoms with E-state index >= 15 is 0 Å². The minimum atomic E-state index is -0.684. The number of nitrogens with zero attached hydrogens (tertiary/aromatic N) is 4. The lowest BCUT2D eigenvalue weighted by atomic mass is 10.1. The number of carbonyl (C=O) groups is 3. The van der Waals surface area contributed by atoms with Crippen LogP contribution >= 0.6 is 0 Å². The average molecular weight is 627 g/mol. The summed E-state index contributed by atoms with van der Waals surface area (Å²) in [5.74, 6) is 0.244. The highest BCUT2D eigenvalue weighted by atomic mass is 16.5. The lowest BCUT2D eigenvalue weighted by Gasteiger charge is -2.22. The topological polar surface area (TPSA) is 141 Å². The molecule has 4 rings (SSSR count). The van der Waals surface area contributed by atoms with Crippen LogP contribution in [0.2, 0.25) is 0 Å². The lowest BCUT2D eigenvalue weighted by molar-refractivity contribution is -0.140. The van der Waals surface area contributed by atoms with Crippen LogP contribution < -0.4 is 16.0 Å². The summed E-state index contributed by atoms with van der Waals surface area (Å²) in [6, 6.07) is 21.9. The molecule has 0 spiro atoms. The van der Waals surface area contributed by atoms with Gasteiger partial charge in [-0.2, -0.15) is 4.99 Å². The Morgan fingerprint density at radius 1 is 0.957 bits per heavy atom. The maximum absolute atomic E-state index is 13.6. The van der Waals surface area contributed by atoms with E-state index in [1.807, 2.05) is 60.1 Å². The van der Waals surface area contributed by atoms with E-state index in [1.54, 1.807) is 29.2 Å². The summed E-state index contributed by atoms with van der Waals surface area (Å²) in [5, 5.41) is 3.35. The van der Waals surface area contributed by atoms with Crippen molar-refractivity contribution in [1.82, 2.24) is 9.55 Å². The van der Waals surface area contributed by atoms with Crippen LogP contribution in [0.1, 0.15) is 67.2 Å². The Bertz CT molecular complexity index is 1650. The van der Waals surface area contributed by atoms with Gasteiger partial charge >= 0.3 is 12.1 Å². The molecule has 0 aliphatic carbocycles. The molecule has 1 aromatic heterocycles. The Kier molecular flexibility index (Phi) is 12.3. The van der Waals surface area contributed by atoms with Crippen LogP contribution in [0.3, 0.4) is 0 Å². The summed E-state index contributed by atoms with van der Waals surface area (Å²) < 4.78 is 11.9. The number of nitrogens with one attached hydrogen (secondary N) is 1. The van der Waals surface area contributed by atoms with Gasteiger partial charge in [-0.25, -0.2) is 9.78 Å². The fourth-order valence-electron chi connectivity index (χ4n) is 4.96. The number of aliphatic imine (C=N–C) groups is 1. The van der Waals surface area contributed by atoms with E-state index in [1.165, 1.54) is 13.5 Å². The number of ether oxygens (including phenoxy) is 2. The van der Waals surface area contributed by atoms with Gasteiger partial charge in [-0.3, -0.25) is 9.59 Å². The molecule has 242 valence electrons. The molecule has 4 aromatic rings. The predicted octanol–water partition coefficient (Wildman–Crippen LogP) is 6.21. The number of hydrogen-bond acceptors (Lipinski definition) is 7. The van der Waals surface area contributed by atoms with Crippen LogP contribution in [-0.2, 0) is 27.9 Å². The Labute approximate surface area is 269 Å². The van der Waals surface area contributed by atoms with Crippen molar-refractivity contribution in [3.63, 3.8) is 0 Å². The lowest BCUT2D eigenvalue weighted by Crippen LogP contribution is -2.33. The van der Waals surface area contributed by atoms with Gasteiger partial charge in [0, 0.05) is 36.1 Å². The standard InChI is InChI=1S/C35H42N6O5/c1-4-5-6-7-11-22-46-35(44)39-33(36)25-14-17-27(18-15-25)37-24-31-38-29-23-26(16-19-30(29)40(31)2)34(43)41(21-20-32(42)45-3)28-12-9-8-10-13-28/h8-10,12-19,23,37H,4-7,11,20-22,24H2,1-3H3,(H2,36,39,44). The third-order valence-electron chi connectivity index (χ3n) is 7.62. The molecule has 3 aromatic carbocycles. The van der Waals surface area contributed by atoms with Crippen LogP contribution in [0.25, 0.3) is 11.0 Å². The number of aromatic nitrogens is 2. The summed E-state index contributed by atoms with van der Waals surface area (Å²) in [7, 11) is 3.25. The van der Waals surface area contributed by atoms with Crippen molar-refractivity contribution in [1.29, 1.82) is 0 Å². The van der Waals surface area contributed by atoms with Gasteiger partial charge < -0.3 is 30.0 Å². The van der Waals surface area contributed by atoms with Crippen molar-refractivity contribution in [3.8, 4) is 0 Å². The first-order valence-electron chi connectivity index (χ1n) is 15.5. The largest absolute Gasteiger partial charge is 0.469 e. The van der Waals surface area contributed by atoms with Crippen molar-refractivity contribution in [3.05, 3.63) is 89.7 Å². The zero-order valence-electron chi connectivity index (χ0n) is 26.7. The molecule has 0 saturated carbocycles. The number of unbranched alkanes of at least 4 members (excludes halogenated alkanes) is 4. The molecular weight excluding hydrogens is 584 g/mol. The highest BCUT2D eigenvalue weighted by molar-refractivity contribution is 6.08. The molecule has 3 N–H and O–H groups in total. The molecule has 0 fully saturated rings. The van der Waals surface area contributed by atoms with Crippen molar-refractivity contribution in [2.45, 2.75) is 52.0 Å². The van der Waals surface area contributed by atoms with Crippen molar-refractivity contribution < 1.29 is 23.9 Å². The molecule has 11 heteroatoms. The van der Waals surface area contributed by atoms with Crippen LogP contribution in [0.5, 0.6) is 0 Å². The smallest absolute Gasteiger partial charge is 0.435 e. The molecule has 0 saturated heterocycles. The summed E-state index contributed by atoms with van der Waals surface area (Å²) in [6.45, 7) is 3.11. The van der Waals surface area contributed by atoms with Gasteiger partial charge in [0.2, 0.25) is 0 Å². The van der Waals surface area contributed by atoms with E-state index in [9.17, 15) is 14.4 Å². The molecule has 0 radical (unpaired) electrons. The Morgan fingerprint density at radius 2 is 1.67 bits per heavy atom. The number of aryl methyl sites for hydroxylation is 1. The number of benzene rings is 3. The van der Waals surface area contributed by atoms with Gasteiger partial charge in [0.05, 0.1) is 37.7 Å². The number of esters is 1. The first kappa shape index (κ1) is 33.7. The van der Waals surface area contributed by atoms with Gasteiger partial charge in [-0.05, 0) is 61.0 Å². The second kappa shape index (κ2) is 16.8. The minimum absolute atomic E-state index is 0.0744. The van der Waals surface area contributed by atoms with Gasteiger partial charge in [0.15, 0.2) is 0 Å². The molecule has 46 heavy (non-hydrogen) atoms. The second-order valence-corrected chi connectivity index (χ2v) is 10.9. The molecular formula is C35H42N6O5. The summed E-state index contributed by atoms with van der Waals surface area (Å²) in [6.07, 6.45) is 4.71. The average Bonchev–Trinajstić information content (AvgIpc) is 3.40. The normalized spacial score (nSPS) is 11.3. The second-order valence-electron chi connectivity index (χ2n) is 10.9. The number of hydrogen-bond donors (Lipinski definition) is 2. The first-order valence-corrected chi connectivity index (χ1v) is 15.5. The van der Waals surface area contributed by atoms with Crippen molar-refractivity contribution in [2.24, 2.45) is 17.8 Å². The van der Waals surface area contributed by atoms with Crippen molar-refractivity contribution >= 4 is 46.2 Å². The molecule has 0 aliphatic heterocycles. The van der Waals surface area contributed by atoms with E-state index in [2.05, 4.69) is 17.2 Å². The quantitative estimate of drug-likeness (QED) is 0.0687. The van der Waals surface area contributed by atoms with Crippen molar-refractivity contribution in [2.75, 3.05) is 30.5 Å². The van der Waals surface area contributed by atoms with Gasteiger partial charge in [0.25, 0.3) is 5.91 Å². The van der Waals surface area contributed by atoms with Gasteiger partial charge in [0.1, 0.15) is 11.7 Å². The number of rotatable bonds is 15. The van der Waals surface area contributed by atoms with E-state index < -0.39 is 6.09 Å². The van der Waals surface area contributed by atoms with Gasteiger partial charge in [-0.1, -0.05) is 50.8 Å². The Morgan fingerprint density at radius 3 is 2.39 bits per heavy atom. The fraction of sp³-hybridized carbons (Fsp3) is 0.343. The molecule has 11 nitrogen and oxygen atoms in total. The Balaban J connectivity index is 1.38. The number of fused-ring (bicyclic) bond motifs is 1. The van der Waals surface area contributed by atoms with Crippen LogP contribution in [0.4, 0.5) is 16.2 Å². The third-order valence-corrected chi connectivity index (χ3v) is 7.62. The van der Waals surface area contributed by atoms with E-state index in [4.69, 9.17) is 20.2 Å². The van der Waals surface area contributed by atoms with Gasteiger partial charge in [-0.15, -0.1) is 0 Å². The number of nitrogens with two attached hydrogens (primary N) is 1. The zero-order chi connectivity index (χ0) is 32.9. The third kappa shape index (κ3) is 9.16. The fourth-order valence-corrected chi connectivity index (χ4v) is 4.96. The number of carbonyl (C=O) groups excluding carboxylic acids is 3. The SMILES string of the molecule is CCCCCCCOC(=O)/N=C(\N)c1ccc(NCc2nc3cc(C(=O)N(CCC(=O)OC)c4ccccc4)ccc3n2C)cc1. The molecule has 0 aliphatic rings. The summed E-state index contributed by atoms with van der Waals surface area (Å²) >= 11 is 0. The number of imidazole rings is 1. The number of methoxy groups -OCH3 is 1. The minimum Gasteiger partial charge on any atom is -0.469 e. The number of anilines is 2. The highest BCUT2D eigenvalue weighted by Gasteiger charge is 2.20. The Hall–Kier alpha value is -5.19. The maximum Gasteiger partial charge on any atom is 0.435 e. The highest BCUT2D eigenvalue weighted by Crippen LogP contribution is 2.22. The van der Waals surface area contributed by atoms with Crippen LogP contribution in [-0.4, -0.2) is 53.6 Å². The maximum atomic E-state index is 13.6. The van der Waals surface area contributed by atoms with E-state index in [-0.39, 0.29) is 30.7 Å². The molecule has 0 bridgehead atoms. The first-order chi connectivity index (χ1) is 22.3. The predicted molar refractivity (Wildman–Crippen MR) is 180 cm³/mol. The number of para-hydroxylation sites is 1. The molecule has 0 atom stereocenters. The van der Waals surface area contributed by atoms with E-state index in [0.717, 1.165) is 42.7 Å².